The van der Waals surface area contributed by atoms with Crippen LogP contribution in [-0.4, -0.2) is 45.8 Å². The molecule has 0 aliphatic heterocycles. The minimum atomic E-state index is -3.35. The molecule has 0 amide bonds. The molecule has 2 N–H and O–H groups in total. The molecule has 1 aliphatic carbocycles. The van der Waals surface area contributed by atoms with E-state index in [0.29, 0.717) is 11.9 Å². The van der Waals surface area contributed by atoms with Crippen molar-refractivity contribution in [2.24, 2.45) is 0 Å². The highest BCUT2D eigenvalue weighted by molar-refractivity contribution is 7.89. The molecular formula is C14H22N6O2S. The summed E-state index contributed by atoms with van der Waals surface area (Å²) in [6.45, 7) is 5.69. The van der Waals surface area contributed by atoms with E-state index in [0.717, 1.165) is 24.2 Å². The molecule has 0 aromatic carbocycles. The van der Waals surface area contributed by atoms with Crippen molar-refractivity contribution in [3.05, 3.63) is 18.1 Å². The highest BCUT2D eigenvalue weighted by atomic mass is 32.2. The van der Waals surface area contributed by atoms with Crippen molar-refractivity contribution >= 4 is 21.6 Å². The van der Waals surface area contributed by atoms with Crippen LogP contribution in [0.4, 0.5) is 5.95 Å². The average Bonchev–Trinajstić information content (AvgIpc) is 3.15. The summed E-state index contributed by atoms with van der Waals surface area (Å²) < 4.78 is 28.3. The van der Waals surface area contributed by atoms with Crippen molar-refractivity contribution in [2.45, 2.75) is 45.1 Å². The van der Waals surface area contributed by atoms with Crippen molar-refractivity contribution in [1.82, 2.24) is 24.3 Å². The van der Waals surface area contributed by atoms with E-state index in [2.05, 4.69) is 25.1 Å². The van der Waals surface area contributed by atoms with Crippen molar-refractivity contribution in [3.63, 3.8) is 0 Å². The molecule has 0 atom stereocenters. The standard InChI is InChI=1S/C14H22N6O2S/c1-14(2,3)19-23(21,22)7-6-15-13-17-9-16-12-8-11(10-4-5-10)18-20(12)13/h8-10,19H,4-7H2,1-3H3,(H,15,16,17). The number of nitrogens with zero attached hydrogens (tertiary/aromatic N) is 4. The summed E-state index contributed by atoms with van der Waals surface area (Å²) in [6, 6.07) is 1.96. The van der Waals surface area contributed by atoms with E-state index < -0.39 is 15.6 Å². The Morgan fingerprint density at radius 2 is 2.04 bits per heavy atom. The van der Waals surface area contributed by atoms with Gasteiger partial charge in [-0.2, -0.15) is 9.61 Å². The minimum absolute atomic E-state index is 0.0352. The Hall–Kier alpha value is -1.74. The third kappa shape index (κ3) is 4.17. The third-order valence-corrected chi connectivity index (χ3v) is 5.06. The first kappa shape index (κ1) is 16.1. The maximum absolute atomic E-state index is 12.0. The van der Waals surface area contributed by atoms with Gasteiger partial charge in [0.2, 0.25) is 16.0 Å². The smallest absolute Gasteiger partial charge is 0.227 e. The van der Waals surface area contributed by atoms with Gasteiger partial charge in [-0.05, 0) is 33.6 Å². The lowest BCUT2D eigenvalue weighted by atomic mass is 10.1. The van der Waals surface area contributed by atoms with Crippen LogP contribution in [0, 0.1) is 0 Å². The number of nitrogens with one attached hydrogen (secondary N) is 2. The van der Waals surface area contributed by atoms with E-state index in [4.69, 9.17) is 0 Å². The molecular weight excluding hydrogens is 316 g/mol. The van der Waals surface area contributed by atoms with Crippen molar-refractivity contribution < 1.29 is 8.42 Å². The molecule has 0 radical (unpaired) electrons. The molecule has 0 saturated heterocycles. The Labute approximate surface area is 135 Å². The summed E-state index contributed by atoms with van der Waals surface area (Å²) in [5.74, 6) is 1.00. The van der Waals surface area contributed by atoms with E-state index in [1.54, 1.807) is 4.52 Å². The molecule has 3 rings (SSSR count). The van der Waals surface area contributed by atoms with Crippen molar-refractivity contribution in [3.8, 4) is 0 Å². The van der Waals surface area contributed by atoms with Gasteiger partial charge in [0.1, 0.15) is 6.33 Å². The first-order valence-corrected chi connectivity index (χ1v) is 9.35. The zero-order chi connectivity index (χ0) is 16.7. The Morgan fingerprint density at radius 1 is 1.30 bits per heavy atom. The Balaban J connectivity index is 1.67. The molecule has 1 fully saturated rings. The van der Waals surface area contributed by atoms with E-state index in [9.17, 15) is 8.42 Å². The summed E-state index contributed by atoms with van der Waals surface area (Å²) in [5.41, 5.74) is 1.26. The maximum atomic E-state index is 12.0. The second-order valence-electron chi connectivity index (χ2n) is 6.91. The Bertz CT molecular complexity index is 804. The first-order valence-electron chi connectivity index (χ1n) is 7.70. The molecule has 0 unspecified atom stereocenters. The van der Waals surface area contributed by atoms with Crippen LogP contribution in [0.1, 0.15) is 45.2 Å². The summed E-state index contributed by atoms with van der Waals surface area (Å²) in [7, 11) is -3.35. The maximum Gasteiger partial charge on any atom is 0.227 e. The molecule has 0 bridgehead atoms. The van der Waals surface area contributed by atoms with Gasteiger partial charge in [-0.3, -0.25) is 0 Å². The SMILES string of the molecule is CC(C)(C)NS(=O)(=O)CCNc1ncnc2cc(C3CC3)nn12. The molecule has 9 heteroatoms. The van der Waals surface area contributed by atoms with E-state index in [-0.39, 0.29) is 12.3 Å². The van der Waals surface area contributed by atoms with E-state index in [1.165, 1.54) is 6.33 Å². The molecule has 23 heavy (non-hydrogen) atoms. The fourth-order valence-electron chi connectivity index (χ4n) is 2.35. The van der Waals surface area contributed by atoms with Gasteiger partial charge in [-0.1, -0.05) is 0 Å². The molecule has 8 nitrogen and oxygen atoms in total. The topological polar surface area (TPSA) is 101 Å². The second kappa shape index (κ2) is 5.72. The fourth-order valence-corrected chi connectivity index (χ4v) is 3.75. The number of aromatic nitrogens is 4. The number of sulfonamides is 1. The largest absolute Gasteiger partial charge is 0.353 e. The lowest BCUT2D eigenvalue weighted by Crippen LogP contribution is -2.42. The highest BCUT2D eigenvalue weighted by Crippen LogP contribution is 2.39. The van der Waals surface area contributed by atoms with Gasteiger partial charge in [0.05, 0.1) is 11.4 Å². The lowest BCUT2D eigenvalue weighted by Gasteiger charge is -2.20. The predicted octanol–water partition coefficient (Wildman–Crippen LogP) is 1.13. The number of rotatable bonds is 6. The number of fused-ring (bicyclic) bond motifs is 1. The van der Waals surface area contributed by atoms with Crippen LogP contribution in [-0.2, 0) is 10.0 Å². The Morgan fingerprint density at radius 3 is 2.70 bits per heavy atom. The van der Waals surface area contributed by atoms with E-state index in [1.807, 2.05) is 26.8 Å². The summed E-state index contributed by atoms with van der Waals surface area (Å²) in [4.78, 5) is 8.35. The first-order chi connectivity index (χ1) is 10.7. The van der Waals surface area contributed by atoms with Crippen molar-refractivity contribution in [2.75, 3.05) is 17.6 Å². The van der Waals surface area contributed by atoms with Crippen LogP contribution in [0.5, 0.6) is 0 Å². The third-order valence-electron chi connectivity index (χ3n) is 3.39. The summed E-state index contributed by atoms with van der Waals surface area (Å²) in [6.07, 6.45) is 3.78. The molecule has 126 valence electrons. The highest BCUT2D eigenvalue weighted by Gasteiger charge is 2.27. The second-order valence-corrected chi connectivity index (χ2v) is 8.75. The van der Waals surface area contributed by atoms with Gasteiger partial charge in [0.15, 0.2) is 5.65 Å². The molecule has 2 aromatic heterocycles. The van der Waals surface area contributed by atoms with Crippen LogP contribution < -0.4 is 10.0 Å². The van der Waals surface area contributed by atoms with Crippen LogP contribution in [0.15, 0.2) is 12.4 Å². The monoisotopic (exact) mass is 338 g/mol. The van der Waals surface area contributed by atoms with Crippen LogP contribution >= 0.6 is 0 Å². The number of hydrogen-bond acceptors (Lipinski definition) is 6. The molecule has 1 aliphatic rings. The summed E-state index contributed by atoms with van der Waals surface area (Å²) >= 11 is 0. The Kier molecular flexibility index (Phi) is 4.01. The molecule has 2 heterocycles. The van der Waals surface area contributed by atoms with Crippen LogP contribution in [0.25, 0.3) is 5.65 Å². The quantitative estimate of drug-likeness (QED) is 0.819. The normalized spacial score (nSPS) is 16.0. The fraction of sp³-hybridized carbons (Fsp3) is 0.643. The number of anilines is 1. The van der Waals surface area contributed by atoms with Gasteiger partial charge in [-0.25, -0.2) is 23.1 Å². The minimum Gasteiger partial charge on any atom is -0.353 e. The summed E-state index contributed by atoms with van der Waals surface area (Å²) in [5, 5.41) is 7.55. The van der Waals surface area contributed by atoms with Crippen molar-refractivity contribution in [1.29, 1.82) is 0 Å². The van der Waals surface area contributed by atoms with Crippen LogP contribution in [0.2, 0.25) is 0 Å². The molecule has 2 aromatic rings. The van der Waals surface area contributed by atoms with Gasteiger partial charge in [0.25, 0.3) is 0 Å². The van der Waals surface area contributed by atoms with E-state index >= 15 is 0 Å². The lowest BCUT2D eigenvalue weighted by molar-refractivity contribution is 0.492. The van der Waals surface area contributed by atoms with Gasteiger partial charge in [-0.15, -0.1) is 0 Å². The number of hydrogen-bond donors (Lipinski definition) is 2. The van der Waals surface area contributed by atoms with Gasteiger partial charge >= 0.3 is 0 Å². The van der Waals surface area contributed by atoms with Gasteiger partial charge < -0.3 is 5.32 Å². The zero-order valence-corrected chi connectivity index (χ0v) is 14.4. The average molecular weight is 338 g/mol. The molecule has 1 saturated carbocycles. The molecule has 0 spiro atoms. The predicted molar refractivity (Wildman–Crippen MR) is 87.9 cm³/mol. The van der Waals surface area contributed by atoms with Gasteiger partial charge in [0, 0.05) is 24.1 Å². The zero-order valence-electron chi connectivity index (χ0n) is 13.6. The van der Waals surface area contributed by atoms with Crippen LogP contribution in [0.3, 0.4) is 0 Å².